The van der Waals surface area contributed by atoms with Gasteiger partial charge in [-0.3, -0.25) is 0 Å². The molecular formula is C11H18N4S. The Hall–Kier alpha value is -0.680. The molecule has 16 heavy (non-hydrogen) atoms. The molecule has 0 amide bonds. The van der Waals surface area contributed by atoms with Crippen molar-refractivity contribution in [1.29, 1.82) is 0 Å². The number of nitrogens with one attached hydrogen (secondary N) is 2. The summed E-state index contributed by atoms with van der Waals surface area (Å²) >= 11 is 1.51. The molecule has 1 saturated heterocycles. The third-order valence-corrected chi connectivity index (χ3v) is 4.00. The maximum Gasteiger partial charge on any atom is 0.202 e. The van der Waals surface area contributed by atoms with Crippen LogP contribution in [0, 0.1) is 0 Å². The van der Waals surface area contributed by atoms with Crippen LogP contribution in [0.5, 0.6) is 0 Å². The minimum absolute atomic E-state index is 0.670. The molecule has 0 radical (unpaired) electrons. The smallest absolute Gasteiger partial charge is 0.202 e. The lowest BCUT2D eigenvalue weighted by atomic mass is 10.2. The fraction of sp³-hybridized carbons (Fsp3) is 0.818. The highest BCUT2D eigenvalue weighted by molar-refractivity contribution is 7.09. The zero-order valence-electron chi connectivity index (χ0n) is 9.41. The van der Waals surface area contributed by atoms with E-state index in [-0.39, 0.29) is 0 Å². The maximum absolute atomic E-state index is 4.51. The first kappa shape index (κ1) is 10.5. The predicted octanol–water partition coefficient (Wildman–Crippen LogP) is 1.97. The van der Waals surface area contributed by atoms with E-state index in [4.69, 9.17) is 0 Å². The molecule has 1 aromatic heterocycles. The monoisotopic (exact) mass is 238 g/mol. The van der Waals surface area contributed by atoms with Gasteiger partial charge in [-0.25, -0.2) is 4.98 Å². The fourth-order valence-electron chi connectivity index (χ4n) is 2.17. The molecule has 1 aromatic rings. The lowest BCUT2D eigenvalue weighted by Gasteiger charge is -2.09. The minimum atomic E-state index is 0.670. The SMILES string of the molecule is C1CNC(CCNc2nc(C3CC3)ns2)C1. The highest BCUT2D eigenvalue weighted by atomic mass is 32.1. The van der Waals surface area contributed by atoms with Crippen molar-refractivity contribution >= 4 is 16.7 Å². The molecule has 1 aliphatic heterocycles. The van der Waals surface area contributed by atoms with E-state index in [1.807, 2.05) is 0 Å². The van der Waals surface area contributed by atoms with Crippen molar-refractivity contribution in [1.82, 2.24) is 14.7 Å². The van der Waals surface area contributed by atoms with E-state index in [2.05, 4.69) is 20.0 Å². The van der Waals surface area contributed by atoms with E-state index >= 15 is 0 Å². The molecule has 5 heteroatoms. The highest BCUT2D eigenvalue weighted by Gasteiger charge is 2.27. The Kier molecular flexibility index (Phi) is 3.06. The quantitative estimate of drug-likeness (QED) is 0.823. The molecular weight excluding hydrogens is 220 g/mol. The molecule has 3 rings (SSSR count). The van der Waals surface area contributed by atoms with Gasteiger partial charge in [0.25, 0.3) is 0 Å². The number of nitrogens with zero attached hydrogens (tertiary/aromatic N) is 2. The molecule has 4 nitrogen and oxygen atoms in total. The zero-order chi connectivity index (χ0) is 10.8. The molecule has 1 saturated carbocycles. The van der Waals surface area contributed by atoms with Gasteiger partial charge in [0.05, 0.1) is 0 Å². The van der Waals surface area contributed by atoms with Crippen LogP contribution in [-0.4, -0.2) is 28.5 Å². The van der Waals surface area contributed by atoms with Crippen LogP contribution in [0.2, 0.25) is 0 Å². The van der Waals surface area contributed by atoms with E-state index in [0.717, 1.165) is 17.5 Å². The van der Waals surface area contributed by atoms with E-state index in [0.29, 0.717) is 12.0 Å². The minimum Gasteiger partial charge on any atom is -0.360 e. The van der Waals surface area contributed by atoms with Crippen molar-refractivity contribution in [3.05, 3.63) is 5.82 Å². The standard InChI is InChI=1S/C11H18N4S/c1-2-9(12-6-1)5-7-13-11-14-10(15-16-11)8-3-4-8/h8-9,12H,1-7H2,(H,13,14,15). The van der Waals surface area contributed by atoms with Gasteiger partial charge in [0.15, 0.2) is 0 Å². The van der Waals surface area contributed by atoms with Gasteiger partial charge in [0.2, 0.25) is 5.13 Å². The van der Waals surface area contributed by atoms with Gasteiger partial charge in [-0.2, -0.15) is 4.37 Å². The molecule has 1 atom stereocenters. The summed E-state index contributed by atoms with van der Waals surface area (Å²) in [5.74, 6) is 1.73. The largest absolute Gasteiger partial charge is 0.360 e. The Labute approximate surface area is 100 Å². The van der Waals surface area contributed by atoms with E-state index in [9.17, 15) is 0 Å². The van der Waals surface area contributed by atoms with Crippen LogP contribution in [-0.2, 0) is 0 Å². The van der Waals surface area contributed by atoms with Crippen molar-refractivity contribution in [2.45, 2.75) is 44.1 Å². The van der Waals surface area contributed by atoms with Gasteiger partial charge in [-0.15, -0.1) is 0 Å². The van der Waals surface area contributed by atoms with Crippen LogP contribution in [0.25, 0.3) is 0 Å². The van der Waals surface area contributed by atoms with Gasteiger partial charge in [0.1, 0.15) is 5.82 Å². The molecule has 2 fully saturated rings. The summed E-state index contributed by atoms with van der Waals surface area (Å²) < 4.78 is 4.38. The summed E-state index contributed by atoms with van der Waals surface area (Å²) in [6.45, 7) is 2.20. The Bertz CT molecular complexity index is 342. The van der Waals surface area contributed by atoms with Crippen LogP contribution in [0.1, 0.15) is 43.8 Å². The maximum atomic E-state index is 4.51. The van der Waals surface area contributed by atoms with Crippen LogP contribution in [0.15, 0.2) is 0 Å². The zero-order valence-corrected chi connectivity index (χ0v) is 10.2. The number of rotatable bonds is 5. The molecule has 0 aromatic carbocycles. The number of hydrogen-bond donors (Lipinski definition) is 2. The fourth-order valence-corrected chi connectivity index (χ4v) is 2.84. The third kappa shape index (κ3) is 2.52. The summed E-state index contributed by atoms with van der Waals surface area (Å²) in [5, 5.41) is 7.88. The van der Waals surface area contributed by atoms with Gasteiger partial charge in [0, 0.05) is 30.0 Å². The first-order valence-corrected chi connectivity index (χ1v) is 7.00. The summed E-state index contributed by atoms with van der Waals surface area (Å²) in [5.41, 5.74) is 0. The Morgan fingerprint density at radius 2 is 2.31 bits per heavy atom. The highest BCUT2D eigenvalue weighted by Crippen LogP contribution is 2.39. The first-order valence-electron chi connectivity index (χ1n) is 6.22. The number of aromatic nitrogens is 2. The first-order chi connectivity index (χ1) is 7.92. The predicted molar refractivity (Wildman–Crippen MR) is 66.0 cm³/mol. The molecule has 2 heterocycles. The molecule has 88 valence electrons. The van der Waals surface area contributed by atoms with Crippen LogP contribution < -0.4 is 10.6 Å². The molecule has 2 N–H and O–H groups in total. The van der Waals surface area contributed by atoms with E-state index in [1.165, 1.54) is 50.2 Å². The Morgan fingerprint density at radius 1 is 1.38 bits per heavy atom. The Morgan fingerprint density at radius 3 is 3.06 bits per heavy atom. The second kappa shape index (κ2) is 4.67. The normalized spacial score (nSPS) is 24.9. The topological polar surface area (TPSA) is 49.8 Å². The lowest BCUT2D eigenvalue weighted by molar-refractivity contribution is 0.574. The van der Waals surface area contributed by atoms with E-state index < -0.39 is 0 Å². The van der Waals surface area contributed by atoms with Gasteiger partial charge >= 0.3 is 0 Å². The van der Waals surface area contributed by atoms with Crippen molar-refractivity contribution in [3.8, 4) is 0 Å². The van der Waals surface area contributed by atoms with Crippen LogP contribution in [0.3, 0.4) is 0 Å². The van der Waals surface area contributed by atoms with Crippen LogP contribution >= 0.6 is 11.5 Å². The van der Waals surface area contributed by atoms with E-state index in [1.54, 1.807) is 0 Å². The third-order valence-electron chi connectivity index (χ3n) is 3.32. The second-order valence-electron chi connectivity index (χ2n) is 4.74. The van der Waals surface area contributed by atoms with Gasteiger partial charge in [-0.05, 0) is 38.6 Å². The Balaban J connectivity index is 1.42. The van der Waals surface area contributed by atoms with Crippen molar-refractivity contribution in [2.24, 2.45) is 0 Å². The van der Waals surface area contributed by atoms with Crippen LogP contribution in [0.4, 0.5) is 5.13 Å². The summed E-state index contributed by atoms with van der Waals surface area (Å²) in [7, 11) is 0. The lowest BCUT2D eigenvalue weighted by Crippen LogP contribution is -2.24. The summed E-state index contributed by atoms with van der Waals surface area (Å²) in [6, 6.07) is 0.711. The van der Waals surface area contributed by atoms with Crippen molar-refractivity contribution < 1.29 is 0 Å². The molecule has 1 unspecified atom stereocenters. The molecule has 2 aliphatic rings. The second-order valence-corrected chi connectivity index (χ2v) is 5.49. The average molecular weight is 238 g/mol. The molecule has 1 aliphatic carbocycles. The number of anilines is 1. The van der Waals surface area contributed by atoms with Gasteiger partial charge < -0.3 is 10.6 Å². The van der Waals surface area contributed by atoms with Gasteiger partial charge in [-0.1, -0.05) is 0 Å². The summed E-state index contributed by atoms with van der Waals surface area (Å²) in [6.07, 6.45) is 6.41. The summed E-state index contributed by atoms with van der Waals surface area (Å²) in [4.78, 5) is 4.51. The van der Waals surface area contributed by atoms with Crippen molar-refractivity contribution in [2.75, 3.05) is 18.4 Å². The molecule has 0 bridgehead atoms. The molecule has 0 spiro atoms. The average Bonchev–Trinajstić information content (AvgIpc) is 2.83. The number of hydrogen-bond acceptors (Lipinski definition) is 5. The van der Waals surface area contributed by atoms with Crippen molar-refractivity contribution in [3.63, 3.8) is 0 Å².